The molecule has 1 saturated heterocycles. The van der Waals surface area contributed by atoms with Crippen LogP contribution in [-0.2, 0) is 16.0 Å². The number of amides is 2. The molecule has 0 spiro atoms. The summed E-state index contributed by atoms with van der Waals surface area (Å²) in [5.41, 5.74) is 0. The first-order valence-electron chi connectivity index (χ1n) is 5.18. The van der Waals surface area contributed by atoms with Gasteiger partial charge in [-0.2, -0.15) is 0 Å². The van der Waals surface area contributed by atoms with Crippen molar-refractivity contribution in [2.75, 3.05) is 19.6 Å². The largest absolute Gasteiger partial charge is 0.347 e. The number of nitrogens with one attached hydrogen (secondary N) is 1. The van der Waals surface area contributed by atoms with Crippen LogP contribution in [-0.4, -0.2) is 41.3 Å². The van der Waals surface area contributed by atoms with Crippen molar-refractivity contribution >= 4 is 23.2 Å². The second-order valence-electron chi connectivity index (χ2n) is 3.58. The van der Waals surface area contributed by atoms with Gasteiger partial charge in [-0.05, 0) is 0 Å². The molecule has 1 fully saturated rings. The van der Waals surface area contributed by atoms with E-state index >= 15 is 0 Å². The molecule has 1 aliphatic heterocycles. The molecule has 1 aliphatic rings. The Labute approximate surface area is 97.5 Å². The molecule has 2 heterocycles. The van der Waals surface area contributed by atoms with E-state index in [-0.39, 0.29) is 18.4 Å². The Kier molecular flexibility index (Phi) is 3.51. The first-order valence-corrected chi connectivity index (χ1v) is 6.06. The minimum absolute atomic E-state index is 0.0117. The van der Waals surface area contributed by atoms with Gasteiger partial charge < -0.3 is 10.2 Å². The fourth-order valence-electron chi connectivity index (χ4n) is 1.58. The molecule has 0 saturated carbocycles. The molecule has 16 heavy (non-hydrogen) atoms. The van der Waals surface area contributed by atoms with Crippen molar-refractivity contribution < 1.29 is 9.59 Å². The highest BCUT2D eigenvalue weighted by molar-refractivity contribution is 7.09. The highest BCUT2D eigenvalue weighted by Gasteiger charge is 2.19. The number of carbonyl (C=O) groups excluding carboxylic acids is 2. The molecular formula is C10H13N3O2S. The minimum Gasteiger partial charge on any atom is -0.347 e. The van der Waals surface area contributed by atoms with Gasteiger partial charge in [-0.3, -0.25) is 9.59 Å². The first kappa shape index (κ1) is 11.1. The zero-order chi connectivity index (χ0) is 11.4. The summed E-state index contributed by atoms with van der Waals surface area (Å²) >= 11 is 1.59. The second-order valence-corrected chi connectivity index (χ2v) is 4.56. The zero-order valence-electron chi connectivity index (χ0n) is 8.81. The van der Waals surface area contributed by atoms with Gasteiger partial charge >= 0.3 is 0 Å². The maximum Gasteiger partial charge on any atom is 0.241 e. The summed E-state index contributed by atoms with van der Waals surface area (Å²) in [5, 5.41) is 5.52. The lowest BCUT2D eigenvalue weighted by Gasteiger charge is -2.18. The third-order valence-electron chi connectivity index (χ3n) is 2.48. The van der Waals surface area contributed by atoms with E-state index in [9.17, 15) is 9.59 Å². The molecule has 1 aromatic heterocycles. The van der Waals surface area contributed by atoms with Crippen molar-refractivity contribution in [3.05, 3.63) is 16.6 Å². The lowest BCUT2D eigenvalue weighted by atomic mass is 10.3. The maximum absolute atomic E-state index is 11.6. The van der Waals surface area contributed by atoms with Crippen LogP contribution < -0.4 is 5.32 Å². The molecule has 1 N–H and O–H groups in total. The van der Waals surface area contributed by atoms with Crippen molar-refractivity contribution in [2.45, 2.75) is 12.8 Å². The summed E-state index contributed by atoms with van der Waals surface area (Å²) in [6, 6.07) is 0. The standard InChI is InChI=1S/C10H13N3O2S/c14-8-1-4-13(10(15)7-12-8)5-2-9-11-3-6-16-9/h3,6H,1-2,4-5,7H2,(H,12,14). The fourth-order valence-corrected chi connectivity index (χ4v) is 2.19. The number of carbonyl (C=O) groups is 2. The predicted octanol–water partition coefficient (Wildman–Crippen LogP) is 0.0341. The molecule has 2 rings (SSSR count). The molecule has 5 nitrogen and oxygen atoms in total. The van der Waals surface area contributed by atoms with Gasteiger partial charge in [0.2, 0.25) is 11.8 Å². The van der Waals surface area contributed by atoms with Gasteiger partial charge in [-0.15, -0.1) is 11.3 Å². The van der Waals surface area contributed by atoms with Gasteiger partial charge in [0, 0.05) is 37.5 Å². The average Bonchev–Trinajstić information content (AvgIpc) is 2.73. The summed E-state index contributed by atoms with van der Waals surface area (Å²) in [6.07, 6.45) is 2.91. The molecule has 0 aliphatic carbocycles. The Bertz CT molecular complexity index is 377. The van der Waals surface area contributed by atoms with Gasteiger partial charge in [0.05, 0.1) is 11.6 Å². The zero-order valence-corrected chi connectivity index (χ0v) is 9.63. The third kappa shape index (κ3) is 2.79. The van der Waals surface area contributed by atoms with Crippen LogP contribution in [0.5, 0.6) is 0 Å². The van der Waals surface area contributed by atoms with Gasteiger partial charge in [-0.1, -0.05) is 0 Å². The van der Waals surface area contributed by atoms with Crippen molar-refractivity contribution in [1.82, 2.24) is 15.2 Å². The summed E-state index contributed by atoms with van der Waals surface area (Å²) in [5.74, 6) is -0.0625. The molecule has 0 radical (unpaired) electrons. The van der Waals surface area contributed by atoms with Crippen molar-refractivity contribution in [3.63, 3.8) is 0 Å². The van der Waals surface area contributed by atoms with Crippen molar-refractivity contribution in [3.8, 4) is 0 Å². The Hall–Kier alpha value is -1.43. The highest BCUT2D eigenvalue weighted by atomic mass is 32.1. The molecule has 0 aromatic carbocycles. The Morgan fingerprint density at radius 2 is 2.38 bits per heavy atom. The smallest absolute Gasteiger partial charge is 0.241 e. The molecule has 86 valence electrons. The number of hydrogen-bond acceptors (Lipinski definition) is 4. The van der Waals surface area contributed by atoms with Crippen LogP contribution in [0.3, 0.4) is 0 Å². The SMILES string of the molecule is O=C1CCN(CCc2nccs2)C(=O)CN1. The van der Waals surface area contributed by atoms with E-state index in [0.717, 1.165) is 11.4 Å². The Balaban J connectivity index is 1.88. The van der Waals surface area contributed by atoms with Crippen molar-refractivity contribution in [2.24, 2.45) is 0 Å². The van der Waals surface area contributed by atoms with E-state index in [2.05, 4.69) is 10.3 Å². The molecule has 0 unspecified atom stereocenters. The molecule has 1 aromatic rings. The normalized spacial score (nSPS) is 17.1. The monoisotopic (exact) mass is 239 g/mol. The van der Waals surface area contributed by atoms with Crippen LogP contribution in [0.4, 0.5) is 0 Å². The van der Waals surface area contributed by atoms with Gasteiger partial charge in [0.25, 0.3) is 0 Å². The Morgan fingerprint density at radius 3 is 3.12 bits per heavy atom. The third-order valence-corrected chi connectivity index (χ3v) is 3.32. The van der Waals surface area contributed by atoms with Crippen LogP contribution in [0.1, 0.15) is 11.4 Å². The molecule has 0 bridgehead atoms. The van der Waals surface area contributed by atoms with Crippen LogP contribution in [0.2, 0.25) is 0 Å². The quantitative estimate of drug-likeness (QED) is 0.809. The molecule has 2 amide bonds. The number of hydrogen-bond donors (Lipinski definition) is 1. The summed E-state index contributed by atoms with van der Waals surface area (Å²) in [4.78, 5) is 28.6. The summed E-state index contributed by atoms with van der Waals surface area (Å²) < 4.78 is 0. The van der Waals surface area contributed by atoms with Gasteiger partial charge in [0.15, 0.2) is 0 Å². The highest BCUT2D eigenvalue weighted by Crippen LogP contribution is 2.07. The van der Waals surface area contributed by atoms with Crippen molar-refractivity contribution in [1.29, 1.82) is 0 Å². The van der Waals surface area contributed by atoms with Crippen LogP contribution in [0.25, 0.3) is 0 Å². The fraction of sp³-hybridized carbons (Fsp3) is 0.500. The van der Waals surface area contributed by atoms with Crippen LogP contribution in [0.15, 0.2) is 11.6 Å². The number of aromatic nitrogens is 1. The van der Waals surface area contributed by atoms with E-state index in [1.54, 1.807) is 22.4 Å². The lowest BCUT2D eigenvalue weighted by molar-refractivity contribution is -0.130. The molecule has 0 atom stereocenters. The van der Waals surface area contributed by atoms with E-state index in [1.165, 1.54) is 0 Å². The second kappa shape index (κ2) is 5.07. The topological polar surface area (TPSA) is 62.3 Å². The van der Waals surface area contributed by atoms with Crippen LogP contribution in [0, 0.1) is 0 Å². The Morgan fingerprint density at radius 1 is 1.50 bits per heavy atom. The summed E-state index contributed by atoms with van der Waals surface area (Å²) in [7, 11) is 0. The number of nitrogens with zero attached hydrogens (tertiary/aromatic N) is 2. The minimum atomic E-state index is -0.0508. The molecule has 6 heteroatoms. The van der Waals surface area contributed by atoms with E-state index in [4.69, 9.17) is 0 Å². The van der Waals surface area contributed by atoms with E-state index < -0.39 is 0 Å². The first-order chi connectivity index (χ1) is 7.75. The number of rotatable bonds is 3. The number of thiazole rings is 1. The lowest BCUT2D eigenvalue weighted by Crippen LogP contribution is -2.36. The van der Waals surface area contributed by atoms with E-state index in [0.29, 0.717) is 19.5 Å². The predicted molar refractivity (Wildman–Crippen MR) is 60.0 cm³/mol. The van der Waals surface area contributed by atoms with Crippen LogP contribution >= 0.6 is 11.3 Å². The van der Waals surface area contributed by atoms with E-state index in [1.807, 2.05) is 5.38 Å². The summed E-state index contributed by atoms with van der Waals surface area (Å²) in [6.45, 7) is 1.27. The maximum atomic E-state index is 11.6. The molecular weight excluding hydrogens is 226 g/mol. The van der Waals surface area contributed by atoms with Gasteiger partial charge in [0.1, 0.15) is 0 Å². The van der Waals surface area contributed by atoms with Gasteiger partial charge in [-0.25, -0.2) is 4.98 Å². The average molecular weight is 239 g/mol.